The van der Waals surface area contributed by atoms with Gasteiger partial charge in [0.2, 0.25) is 0 Å². The first kappa shape index (κ1) is 12.3. The molecule has 17 heavy (non-hydrogen) atoms. The van der Waals surface area contributed by atoms with Crippen molar-refractivity contribution in [2.24, 2.45) is 0 Å². The van der Waals surface area contributed by atoms with E-state index in [2.05, 4.69) is 12.1 Å². The van der Waals surface area contributed by atoms with Gasteiger partial charge in [-0.3, -0.25) is 4.79 Å². The van der Waals surface area contributed by atoms with E-state index in [1.807, 2.05) is 42.5 Å². The minimum Gasteiger partial charge on any atom is -0.295 e. The number of Topliss-reactive ketones (excluding diaryl/α,β-unsaturated/α-hetero) is 1. The van der Waals surface area contributed by atoms with Crippen LogP contribution in [0.5, 0.6) is 0 Å². The molecule has 0 radical (unpaired) electrons. The normalized spacial score (nSPS) is 10.2. The zero-order valence-electron chi connectivity index (χ0n) is 9.42. The van der Waals surface area contributed by atoms with Crippen molar-refractivity contribution in [1.29, 1.82) is 0 Å². The van der Waals surface area contributed by atoms with E-state index >= 15 is 0 Å². The van der Waals surface area contributed by atoms with Gasteiger partial charge in [-0.1, -0.05) is 51.9 Å². The van der Waals surface area contributed by atoms with Crippen molar-refractivity contribution < 1.29 is 4.79 Å². The molecule has 3 heteroatoms. The Hall–Kier alpha value is -1.19. The molecule has 2 aromatic carbocycles. The third-order valence-corrected chi connectivity index (χ3v) is 4.66. The Morgan fingerprint density at radius 1 is 0.824 bits per heavy atom. The van der Waals surface area contributed by atoms with E-state index in [4.69, 9.17) is 0 Å². The van der Waals surface area contributed by atoms with Crippen molar-refractivity contribution in [2.75, 3.05) is 0 Å². The Labute approximate surface area is 109 Å². The largest absolute Gasteiger partial charge is 0.295 e. The lowest BCUT2D eigenvalue weighted by molar-refractivity contribution is 0.101. The Morgan fingerprint density at radius 2 is 1.35 bits per heavy atom. The fraction of sp³-hybridized carbons (Fsp3) is 0.0714. The molecule has 0 heterocycles. The van der Waals surface area contributed by atoms with E-state index in [9.17, 15) is 4.79 Å². The predicted molar refractivity (Wildman–Crippen MR) is 74.6 cm³/mol. The maximum Gasteiger partial charge on any atom is 0.159 e. The van der Waals surface area contributed by atoms with Gasteiger partial charge in [-0.05, 0) is 31.2 Å². The van der Waals surface area contributed by atoms with Gasteiger partial charge in [-0.2, -0.15) is 0 Å². The summed E-state index contributed by atoms with van der Waals surface area (Å²) in [5.41, 5.74) is 0.763. The van der Waals surface area contributed by atoms with Crippen molar-refractivity contribution in [2.45, 2.75) is 16.7 Å². The van der Waals surface area contributed by atoms with Gasteiger partial charge in [0.15, 0.2) is 5.78 Å². The summed E-state index contributed by atoms with van der Waals surface area (Å²) in [6, 6.07) is 17.9. The molecule has 0 aromatic heterocycles. The monoisotopic (exact) mass is 260 g/mol. The average molecular weight is 260 g/mol. The number of hydrogen-bond donors (Lipinski definition) is 0. The standard InChI is InChI=1S/C14H12OS2/c1-11(15)12-7-9-14(10-8-12)17-16-13-5-3-2-4-6-13/h2-10H,1H3. The van der Waals surface area contributed by atoms with Gasteiger partial charge in [0.05, 0.1) is 0 Å². The molecule has 0 N–H and O–H groups in total. The average Bonchev–Trinajstić information content (AvgIpc) is 2.38. The van der Waals surface area contributed by atoms with Crippen LogP contribution in [0.3, 0.4) is 0 Å². The summed E-state index contributed by atoms with van der Waals surface area (Å²) in [4.78, 5) is 13.5. The molecule has 0 saturated heterocycles. The van der Waals surface area contributed by atoms with Gasteiger partial charge in [0, 0.05) is 15.4 Å². The second kappa shape index (κ2) is 5.94. The van der Waals surface area contributed by atoms with Gasteiger partial charge in [-0.25, -0.2) is 0 Å². The van der Waals surface area contributed by atoms with Crippen LogP contribution in [0.25, 0.3) is 0 Å². The van der Waals surface area contributed by atoms with E-state index in [1.165, 1.54) is 4.90 Å². The summed E-state index contributed by atoms with van der Waals surface area (Å²) in [6.07, 6.45) is 0. The first-order chi connectivity index (χ1) is 8.25. The summed E-state index contributed by atoms with van der Waals surface area (Å²) in [5.74, 6) is 0.109. The molecular formula is C14H12OS2. The zero-order chi connectivity index (χ0) is 12.1. The van der Waals surface area contributed by atoms with E-state index in [1.54, 1.807) is 28.5 Å². The molecule has 2 aromatic rings. The van der Waals surface area contributed by atoms with E-state index in [-0.39, 0.29) is 5.78 Å². The van der Waals surface area contributed by atoms with Gasteiger partial charge >= 0.3 is 0 Å². The maximum atomic E-state index is 11.1. The van der Waals surface area contributed by atoms with Crippen molar-refractivity contribution in [3.63, 3.8) is 0 Å². The molecule has 0 bridgehead atoms. The van der Waals surface area contributed by atoms with Crippen LogP contribution in [0.2, 0.25) is 0 Å². The summed E-state index contributed by atoms with van der Waals surface area (Å²) in [5, 5.41) is 0. The SMILES string of the molecule is CC(=O)c1ccc(SSc2ccccc2)cc1. The molecule has 0 saturated carbocycles. The maximum absolute atomic E-state index is 11.1. The minimum atomic E-state index is 0.109. The number of ketones is 1. The second-order valence-electron chi connectivity index (χ2n) is 3.56. The fourth-order valence-corrected chi connectivity index (χ4v) is 3.27. The fourth-order valence-electron chi connectivity index (χ4n) is 1.32. The van der Waals surface area contributed by atoms with Crippen LogP contribution >= 0.6 is 21.6 Å². The summed E-state index contributed by atoms with van der Waals surface area (Å²) < 4.78 is 0. The second-order valence-corrected chi connectivity index (χ2v) is 5.84. The van der Waals surface area contributed by atoms with E-state index in [0.29, 0.717) is 0 Å². The lowest BCUT2D eigenvalue weighted by Crippen LogP contribution is -1.89. The van der Waals surface area contributed by atoms with Crippen LogP contribution < -0.4 is 0 Å². The Kier molecular flexibility index (Phi) is 4.29. The molecule has 0 aliphatic rings. The highest BCUT2D eigenvalue weighted by Gasteiger charge is 2.00. The third-order valence-electron chi connectivity index (χ3n) is 2.24. The summed E-state index contributed by atoms with van der Waals surface area (Å²) in [7, 11) is 3.42. The Balaban J connectivity index is 1.98. The molecule has 0 amide bonds. The Morgan fingerprint density at radius 3 is 1.88 bits per heavy atom. The van der Waals surface area contributed by atoms with Crippen LogP contribution in [0, 0.1) is 0 Å². The molecule has 1 nitrogen and oxygen atoms in total. The highest BCUT2D eigenvalue weighted by Crippen LogP contribution is 2.36. The zero-order valence-corrected chi connectivity index (χ0v) is 11.1. The Bertz CT molecular complexity index is 491. The predicted octanol–water partition coefficient (Wildman–Crippen LogP) is 4.69. The van der Waals surface area contributed by atoms with Gasteiger partial charge < -0.3 is 0 Å². The quantitative estimate of drug-likeness (QED) is 0.586. The molecule has 0 fully saturated rings. The molecule has 2 rings (SSSR count). The van der Waals surface area contributed by atoms with Crippen molar-refractivity contribution >= 4 is 27.4 Å². The van der Waals surface area contributed by atoms with Crippen molar-refractivity contribution in [1.82, 2.24) is 0 Å². The smallest absolute Gasteiger partial charge is 0.159 e. The van der Waals surface area contributed by atoms with Crippen LogP contribution in [0.15, 0.2) is 64.4 Å². The van der Waals surface area contributed by atoms with Gasteiger partial charge in [-0.15, -0.1) is 0 Å². The van der Waals surface area contributed by atoms with E-state index in [0.717, 1.165) is 10.5 Å². The van der Waals surface area contributed by atoms with E-state index < -0.39 is 0 Å². The van der Waals surface area contributed by atoms with Crippen LogP contribution in [0.4, 0.5) is 0 Å². The number of hydrogen-bond acceptors (Lipinski definition) is 3. The van der Waals surface area contributed by atoms with Crippen LogP contribution in [-0.4, -0.2) is 5.78 Å². The molecule has 0 aliphatic carbocycles. The topological polar surface area (TPSA) is 17.1 Å². The molecule has 0 atom stereocenters. The molecular weight excluding hydrogens is 248 g/mol. The first-order valence-electron chi connectivity index (χ1n) is 5.26. The van der Waals surface area contributed by atoms with Crippen molar-refractivity contribution in [3.8, 4) is 0 Å². The van der Waals surface area contributed by atoms with Crippen LogP contribution in [-0.2, 0) is 0 Å². The minimum absolute atomic E-state index is 0.109. The summed E-state index contributed by atoms with van der Waals surface area (Å²) in [6.45, 7) is 1.58. The summed E-state index contributed by atoms with van der Waals surface area (Å²) >= 11 is 0. The number of rotatable bonds is 4. The highest BCUT2D eigenvalue weighted by molar-refractivity contribution is 8.76. The molecule has 0 aliphatic heterocycles. The number of carbonyl (C=O) groups excluding carboxylic acids is 1. The van der Waals surface area contributed by atoms with Crippen LogP contribution in [0.1, 0.15) is 17.3 Å². The third kappa shape index (κ3) is 3.65. The molecule has 0 unspecified atom stereocenters. The number of benzene rings is 2. The lowest BCUT2D eigenvalue weighted by Gasteiger charge is -2.01. The molecule has 86 valence electrons. The first-order valence-corrected chi connectivity index (χ1v) is 7.41. The highest BCUT2D eigenvalue weighted by atomic mass is 33.1. The lowest BCUT2D eigenvalue weighted by atomic mass is 10.2. The van der Waals surface area contributed by atoms with Gasteiger partial charge in [0.25, 0.3) is 0 Å². The van der Waals surface area contributed by atoms with Crippen molar-refractivity contribution in [3.05, 3.63) is 60.2 Å². The van der Waals surface area contributed by atoms with Gasteiger partial charge in [0.1, 0.15) is 0 Å². The number of carbonyl (C=O) groups is 1. The molecule has 0 spiro atoms.